The number of carbonyl (C=O) groups excluding carboxylic acids is 3. The SMILES string of the molecule is O=C1CC[C@@H](N2Cc3cc(O[C@H]4CCN(Cc5cnn(-c6ccccc6)c5)C4)ccc3C2=O)C(=O)N1. The van der Waals surface area contributed by atoms with Crippen LogP contribution in [0, 0.1) is 0 Å². The fraction of sp³-hybridized carbons (Fsp3) is 0.333. The summed E-state index contributed by atoms with van der Waals surface area (Å²) in [5, 5.41) is 6.83. The summed E-state index contributed by atoms with van der Waals surface area (Å²) < 4.78 is 8.17. The number of hydrogen-bond donors (Lipinski definition) is 1. The van der Waals surface area contributed by atoms with E-state index < -0.39 is 11.9 Å². The number of ether oxygens (including phenoxy) is 1. The monoisotopic (exact) mass is 485 g/mol. The van der Waals surface area contributed by atoms with Crippen LogP contribution in [0.2, 0.25) is 0 Å². The third-order valence-electron chi connectivity index (χ3n) is 7.09. The zero-order valence-corrected chi connectivity index (χ0v) is 19.8. The summed E-state index contributed by atoms with van der Waals surface area (Å²) in [5.41, 5.74) is 3.64. The summed E-state index contributed by atoms with van der Waals surface area (Å²) in [5.74, 6) is -0.125. The van der Waals surface area contributed by atoms with E-state index in [4.69, 9.17) is 4.74 Å². The Bertz CT molecular complexity index is 1320. The van der Waals surface area contributed by atoms with Gasteiger partial charge in [0.1, 0.15) is 17.9 Å². The standard InChI is InChI=1S/C27H27N5O4/c33-25-9-8-24(26(34)29-25)31-16-19-12-21(6-7-23(19)27(31)35)36-22-10-11-30(17-22)14-18-13-28-32(15-18)20-4-2-1-3-5-20/h1-7,12-13,15,22,24H,8-11,14,16-17H2,(H,29,33,34)/t22-,24+/m0/s1. The van der Waals surface area contributed by atoms with Crippen LogP contribution in [0.25, 0.3) is 5.69 Å². The molecule has 3 aromatic rings. The minimum absolute atomic E-state index is 0.0653. The van der Waals surface area contributed by atoms with Crippen molar-refractivity contribution in [3.05, 3.63) is 77.6 Å². The minimum atomic E-state index is -0.610. The molecule has 9 heteroatoms. The number of likely N-dealkylation sites (tertiary alicyclic amines) is 1. The van der Waals surface area contributed by atoms with E-state index in [-0.39, 0.29) is 24.3 Å². The number of hydrogen-bond acceptors (Lipinski definition) is 6. The number of nitrogens with one attached hydrogen (secondary N) is 1. The Morgan fingerprint density at radius 1 is 1.06 bits per heavy atom. The topological polar surface area (TPSA) is 96.8 Å². The Labute approximate surface area is 208 Å². The van der Waals surface area contributed by atoms with Gasteiger partial charge < -0.3 is 9.64 Å². The Hall–Kier alpha value is -3.98. The fourth-order valence-electron chi connectivity index (χ4n) is 5.28. The summed E-state index contributed by atoms with van der Waals surface area (Å²) in [6, 6.07) is 15.0. The van der Waals surface area contributed by atoms with Crippen LogP contribution in [-0.2, 0) is 22.7 Å². The second-order valence-electron chi connectivity index (χ2n) is 9.61. The average molecular weight is 486 g/mol. The van der Waals surface area contributed by atoms with Gasteiger partial charge in [0.15, 0.2) is 0 Å². The molecule has 2 aromatic carbocycles. The van der Waals surface area contributed by atoms with Gasteiger partial charge in [-0.2, -0.15) is 5.10 Å². The van der Waals surface area contributed by atoms with Crippen molar-refractivity contribution in [2.24, 2.45) is 0 Å². The predicted octanol–water partition coefficient (Wildman–Crippen LogP) is 2.29. The molecule has 0 bridgehead atoms. The van der Waals surface area contributed by atoms with Crippen molar-refractivity contribution in [1.82, 2.24) is 24.9 Å². The molecule has 0 aliphatic carbocycles. The average Bonchev–Trinajstić information content (AvgIpc) is 3.60. The summed E-state index contributed by atoms with van der Waals surface area (Å²) in [7, 11) is 0. The number of rotatable bonds is 6. The van der Waals surface area contributed by atoms with Crippen molar-refractivity contribution >= 4 is 17.7 Å². The Balaban J connectivity index is 1.06. The van der Waals surface area contributed by atoms with E-state index in [9.17, 15) is 14.4 Å². The molecule has 3 aliphatic rings. The molecule has 2 atom stereocenters. The third-order valence-corrected chi connectivity index (χ3v) is 7.09. The Kier molecular flexibility index (Phi) is 5.77. The van der Waals surface area contributed by atoms with Crippen LogP contribution in [0.15, 0.2) is 60.9 Å². The second-order valence-corrected chi connectivity index (χ2v) is 9.61. The van der Waals surface area contributed by atoms with E-state index in [2.05, 4.69) is 21.5 Å². The summed E-state index contributed by atoms with van der Waals surface area (Å²) >= 11 is 0. The summed E-state index contributed by atoms with van der Waals surface area (Å²) in [6.07, 6.45) is 5.56. The van der Waals surface area contributed by atoms with Crippen LogP contribution < -0.4 is 10.1 Å². The molecular weight excluding hydrogens is 458 g/mol. The highest BCUT2D eigenvalue weighted by Crippen LogP contribution is 2.31. The molecule has 3 amide bonds. The van der Waals surface area contributed by atoms with E-state index >= 15 is 0 Å². The first-order valence-electron chi connectivity index (χ1n) is 12.3. The maximum absolute atomic E-state index is 12.9. The minimum Gasteiger partial charge on any atom is -0.489 e. The number of carbonyl (C=O) groups is 3. The van der Waals surface area contributed by atoms with Crippen LogP contribution in [0.3, 0.4) is 0 Å². The lowest BCUT2D eigenvalue weighted by Gasteiger charge is -2.29. The van der Waals surface area contributed by atoms with Crippen molar-refractivity contribution in [1.29, 1.82) is 0 Å². The Morgan fingerprint density at radius 3 is 2.75 bits per heavy atom. The maximum atomic E-state index is 12.9. The number of amides is 3. The van der Waals surface area contributed by atoms with Crippen molar-refractivity contribution < 1.29 is 19.1 Å². The normalized spacial score (nSPS) is 22.1. The molecule has 2 saturated heterocycles. The molecule has 0 spiro atoms. The Morgan fingerprint density at radius 2 is 1.92 bits per heavy atom. The van der Waals surface area contributed by atoms with Gasteiger partial charge in [-0.15, -0.1) is 0 Å². The summed E-state index contributed by atoms with van der Waals surface area (Å²) in [6.45, 7) is 2.91. The number of imide groups is 1. The van der Waals surface area contributed by atoms with Crippen molar-refractivity contribution in [3.8, 4) is 11.4 Å². The highest BCUT2D eigenvalue weighted by atomic mass is 16.5. The van der Waals surface area contributed by atoms with Crippen LogP contribution in [0.4, 0.5) is 0 Å². The summed E-state index contributed by atoms with van der Waals surface area (Å²) in [4.78, 5) is 40.5. The van der Waals surface area contributed by atoms with E-state index in [0.29, 0.717) is 18.5 Å². The van der Waals surface area contributed by atoms with Gasteiger partial charge in [0.05, 0.1) is 11.9 Å². The van der Waals surface area contributed by atoms with Gasteiger partial charge >= 0.3 is 0 Å². The molecule has 36 heavy (non-hydrogen) atoms. The van der Waals surface area contributed by atoms with Crippen molar-refractivity contribution in [2.75, 3.05) is 13.1 Å². The smallest absolute Gasteiger partial charge is 0.255 e. The largest absolute Gasteiger partial charge is 0.489 e. The highest BCUT2D eigenvalue weighted by molar-refractivity contribution is 6.05. The molecule has 9 nitrogen and oxygen atoms in total. The predicted molar refractivity (Wildman–Crippen MR) is 130 cm³/mol. The van der Waals surface area contributed by atoms with Gasteiger partial charge in [-0.05, 0) is 48.7 Å². The number of fused-ring (bicyclic) bond motifs is 1. The molecule has 6 rings (SSSR count). The number of benzene rings is 2. The van der Waals surface area contributed by atoms with E-state index in [1.54, 1.807) is 11.0 Å². The van der Waals surface area contributed by atoms with Gasteiger partial charge in [0.2, 0.25) is 11.8 Å². The molecule has 0 unspecified atom stereocenters. The zero-order chi connectivity index (χ0) is 24.6. The van der Waals surface area contributed by atoms with Crippen LogP contribution in [0.5, 0.6) is 5.75 Å². The van der Waals surface area contributed by atoms with Gasteiger partial charge in [0, 0.05) is 49.9 Å². The number of nitrogens with zero attached hydrogens (tertiary/aromatic N) is 4. The van der Waals surface area contributed by atoms with Crippen molar-refractivity contribution in [3.63, 3.8) is 0 Å². The lowest BCUT2D eigenvalue weighted by atomic mass is 10.0. The number of piperidine rings is 1. The lowest BCUT2D eigenvalue weighted by molar-refractivity contribution is -0.136. The van der Waals surface area contributed by atoms with E-state index in [1.807, 2.05) is 53.3 Å². The molecule has 0 saturated carbocycles. The number of para-hydroxylation sites is 1. The van der Waals surface area contributed by atoms with Gasteiger partial charge in [-0.1, -0.05) is 18.2 Å². The molecular formula is C27H27N5O4. The van der Waals surface area contributed by atoms with Gasteiger partial charge in [-0.25, -0.2) is 4.68 Å². The molecule has 1 aromatic heterocycles. The lowest BCUT2D eigenvalue weighted by Crippen LogP contribution is -2.52. The fourth-order valence-corrected chi connectivity index (χ4v) is 5.28. The molecule has 3 aliphatic heterocycles. The second kappa shape index (κ2) is 9.23. The van der Waals surface area contributed by atoms with Crippen LogP contribution >= 0.6 is 0 Å². The first kappa shape index (κ1) is 22.5. The highest BCUT2D eigenvalue weighted by Gasteiger charge is 2.39. The van der Waals surface area contributed by atoms with Gasteiger partial charge in [-0.3, -0.25) is 24.6 Å². The maximum Gasteiger partial charge on any atom is 0.255 e. The first-order valence-corrected chi connectivity index (χ1v) is 12.3. The van der Waals surface area contributed by atoms with Crippen LogP contribution in [0.1, 0.15) is 40.7 Å². The van der Waals surface area contributed by atoms with Crippen LogP contribution in [-0.4, -0.2) is 62.5 Å². The first-order chi connectivity index (χ1) is 17.5. The molecule has 4 heterocycles. The van der Waals surface area contributed by atoms with E-state index in [1.165, 1.54) is 0 Å². The zero-order valence-electron chi connectivity index (χ0n) is 19.8. The quantitative estimate of drug-likeness (QED) is 0.538. The van der Waals surface area contributed by atoms with Crippen molar-refractivity contribution in [2.45, 2.75) is 44.5 Å². The van der Waals surface area contributed by atoms with Gasteiger partial charge in [0.25, 0.3) is 5.91 Å². The third kappa shape index (κ3) is 4.37. The van der Waals surface area contributed by atoms with E-state index in [0.717, 1.165) is 48.6 Å². The molecule has 0 radical (unpaired) electrons. The molecule has 1 N–H and O–H groups in total. The molecule has 184 valence electrons. The molecule has 2 fully saturated rings. The number of aromatic nitrogens is 2.